The first-order valence-corrected chi connectivity index (χ1v) is 10.4. The lowest BCUT2D eigenvalue weighted by Crippen LogP contribution is -2.74. The molecule has 0 unspecified atom stereocenters. The number of halogens is 17. The van der Waals surface area contributed by atoms with Gasteiger partial charge in [0.15, 0.2) is 0 Å². The molecule has 1 rings (SSSR count). The van der Waals surface area contributed by atoms with Crippen molar-refractivity contribution in [2.24, 2.45) is 0 Å². The quantitative estimate of drug-likeness (QED) is 0.172. The molecule has 1 aromatic carbocycles. The number of hydrogen-bond donors (Lipinski definition) is 0. The Bertz CT molecular complexity index is 931. The maximum absolute atomic E-state index is 13.8. The number of alkyl halides is 17. The van der Waals surface area contributed by atoms with E-state index in [9.17, 15) is 74.6 Å². The summed E-state index contributed by atoms with van der Waals surface area (Å²) < 4.78 is 225. The number of hydrogen-bond acceptors (Lipinski definition) is 1. The van der Waals surface area contributed by atoms with E-state index in [4.69, 9.17) is 0 Å². The molecule has 1 aromatic rings. The lowest BCUT2D eigenvalue weighted by atomic mass is 9.88. The maximum Gasteiger partial charge on any atom is 0.460 e. The second-order valence-electron chi connectivity index (χ2n) is 7.40. The van der Waals surface area contributed by atoms with Gasteiger partial charge in [-0.15, -0.1) is 0 Å². The Morgan fingerprint density at radius 2 is 0.946 bits per heavy atom. The molecule has 0 radical (unpaired) electrons. The van der Waals surface area contributed by atoms with E-state index in [2.05, 4.69) is 6.58 Å². The van der Waals surface area contributed by atoms with Gasteiger partial charge in [-0.05, 0) is 16.9 Å². The minimum atomic E-state index is -8.60. The van der Waals surface area contributed by atoms with Crippen LogP contribution >= 0.6 is 11.8 Å². The van der Waals surface area contributed by atoms with Crippen molar-refractivity contribution in [3.05, 3.63) is 42.0 Å². The Kier molecular flexibility index (Phi) is 8.98. The summed E-state index contributed by atoms with van der Waals surface area (Å²) in [5.74, 6) is -57.5. The van der Waals surface area contributed by atoms with Crippen molar-refractivity contribution in [3.63, 3.8) is 0 Å². The Balaban J connectivity index is 3.21. The van der Waals surface area contributed by atoms with Crippen LogP contribution in [-0.2, 0) is 5.75 Å². The standard InChI is InChI=1S/C19H13F17S/c1-2-10-3-5-11(6-4-10)9-37-8-7-12(20,21)13(22,23)14(24,25)15(26,27)16(28,29)17(30,31)18(32,33)19(34,35)36/h2-6H,1,7-9H2. The van der Waals surface area contributed by atoms with Crippen LogP contribution in [0.3, 0.4) is 0 Å². The van der Waals surface area contributed by atoms with Crippen LogP contribution in [0.15, 0.2) is 30.8 Å². The average molecular weight is 596 g/mol. The molecule has 0 fully saturated rings. The first-order valence-electron chi connectivity index (χ1n) is 9.27. The zero-order chi connectivity index (χ0) is 29.5. The summed E-state index contributed by atoms with van der Waals surface area (Å²) >= 11 is 0.333. The molecule has 0 N–H and O–H groups in total. The highest BCUT2D eigenvalue weighted by atomic mass is 32.2. The molecule has 0 saturated carbocycles. The molecule has 0 aliphatic rings. The maximum atomic E-state index is 13.8. The molecular weight excluding hydrogens is 583 g/mol. The molecule has 0 bridgehead atoms. The molecule has 0 aliphatic heterocycles. The SMILES string of the molecule is C=Cc1ccc(CSCCC(F)(F)C(F)(F)C(F)(F)C(F)(F)C(F)(F)C(F)(F)C(F)(F)C(F)(F)F)cc1. The van der Waals surface area contributed by atoms with E-state index in [1.807, 2.05) is 0 Å². The van der Waals surface area contributed by atoms with Gasteiger partial charge in [0.2, 0.25) is 0 Å². The fourth-order valence-electron chi connectivity index (χ4n) is 2.49. The van der Waals surface area contributed by atoms with E-state index in [0.717, 1.165) is 0 Å². The van der Waals surface area contributed by atoms with Gasteiger partial charge in [-0.1, -0.05) is 36.9 Å². The van der Waals surface area contributed by atoms with Crippen molar-refractivity contribution < 1.29 is 74.6 Å². The van der Waals surface area contributed by atoms with Crippen molar-refractivity contribution in [2.75, 3.05) is 5.75 Å². The van der Waals surface area contributed by atoms with Crippen LogP contribution < -0.4 is 0 Å². The van der Waals surface area contributed by atoms with Gasteiger partial charge < -0.3 is 0 Å². The predicted molar refractivity (Wildman–Crippen MR) is 98.0 cm³/mol. The van der Waals surface area contributed by atoms with E-state index < -0.39 is 59.8 Å². The van der Waals surface area contributed by atoms with Crippen LogP contribution in [0.2, 0.25) is 0 Å². The predicted octanol–water partition coefficient (Wildman–Crippen LogP) is 8.96. The minimum Gasteiger partial charge on any atom is -0.200 e. The number of thioether (sulfide) groups is 1. The van der Waals surface area contributed by atoms with E-state index in [1.54, 1.807) is 0 Å². The summed E-state index contributed by atoms with van der Waals surface area (Å²) in [6.07, 6.45) is -8.80. The van der Waals surface area contributed by atoms with E-state index in [-0.39, 0.29) is 5.75 Å². The fourth-order valence-corrected chi connectivity index (χ4v) is 3.47. The second-order valence-corrected chi connectivity index (χ2v) is 8.50. The van der Waals surface area contributed by atoms with Crippen LogP contribution in [0.25, 0.3) is 6.08 Å². The highest BCUT2D eigenvalue weighted by Crippen LogP contribution is 2.64. The summed E-state index contributed by atoms with van der Waals surface area (Å²) in [6, 6.07) is 5.72. The lowest BCUT2D eigenvalue weighted by molar-refractivity contribution is -0.461. The van der Waals surface area contributed by atoms with Gasteiger partial charge in [0, 0.05) is 12.2 Å². The van der Waals surface area contributed by atoms with E-state index >= 15 is 0 Å². The first-order chi connectivity index (χ1) is 16.3. The third kappa shape index (κ3) is 5.35. The molecule has 0 saturated heterocycles. The van der Waals surface area contributed by atoms with Gasteiger partial charge in [0.25, 0.3) is 0 Å². The van der Waals surface area contributed by atoms with E-state index in [1.165, 1.54) is 30.3 Å². The molecule has 0 aromatic heterocycles. The van der Waals surface area contributed by atoms with Crippen molar-refractivity contribution >= 4 is 17.8 Å². The van der Waals surface area contributed by atoms with Gasteiger partial charge in [-0.3, -0.25) is 0 Å². The van der Waals surface area contributed by atoms with E-state index in [0.29, 0.717) is 22.9 Å². The average Bonchev–Trinajstić information content (AvgIpc) is 2.75. The van der Waals surface area contributed by atoms with Crippen molar-refractivity contribution in [2.45, 2.75) is 59.8 Å². The van der Waals surface area contributed by atoms with Gasteiger partial charge in [-0.25, -0.2) is 0 Å². The molecule has 0 aliphatic carbocycles. The van der Waals surface area contributed by atoms with Crippen LogP contribution in [-0.4, -0.2) is 53.4 Å². The summed E-state index contributed by atoms with van der Waals surface area (Å²) in [4.78, 5) is 0. The molecule has 0 nitrogen and oxygen atoms in total. The molecule has 0 spiro atoms. The highest BCUT2D eigenvalue weighted by Gasteiger charge is 2.95. The Morgan fingerprint density at radius 1 is 0.568 bits per heavy atom. The molecule has 214 valence electrons. The van der Waals surface area contributed by atoms with Crippen molar-refractivity contribution in [1.82, 2.24) is 0 Å². The summed E-state index contributed by atoms with van der Waals surface area (Å²) in [7, 11) is 0. The zero-order valence-electron chi connectivity index (χ0n) is 17.5. The number of rotatable bonds is 12. The van der Waals surface area contributed by atoms with Gasteiger partial charge in [0.1, 0.15) is 0 Å². The second kappa shape index (κ2) is 10.0. The Hall–Kier alpha value is -1.88. The molecule has 18 heteroatoms. The Morgan fingerprint density at radius 3 is 1.32 bits per heavy atom. The molecule has 0 atom stereocenters. The highest BCUT2D eigenvalue weighted by molar-refractivity contribution is 7.98. The molecular formula is C19H13F17S. The summed E-state index contributed by atoms with van der Waals surface area (Å²) in [5.41, 5.74) is 0.952. The van der Waals surface area contributed by atoms with Crippen LogP contribution in [0.5, 0.6) is 0 Å². The zero-order valence-corrected chi connectivity index (χ0v) is 18.4. The molecule has 37 heavy (non-hydrogen) atoms. The van der Waals surface area contributed by atoms with Gasteiger partial charge in [-0.2, -0.15) is 86.4 Å². The van der Waals surface area contributed by atoms with Gasteiger partial charge >= 0.3 is 47.6 Å². The molecule has 0 amide bonds. The van der Waals surface area contributed by atoms with Crippen molar-refractivity contribution in [3.8, 4) is 0 Å². The largest absolute Gasteiger partial charge is 0.460 e. The first kappa shape index (κ1) is 33.1. The third-order valence-electron chi connectivity index (χ3n) is 4.83. The smallest absolute Gasteiger partial charge is 0.200 e. The minimum absolute atomic E-state index is 0.248. The van der Waals surface area contributed by atoms with Gasteiger partial charge in [0.05, 0.1) is 0 Å². The van der Waals surface area contributed by atoms with Crippen LogP contribution in [0, 0.1) is 0 Å². The lowest BCUT2D eigenvalue weighted by Gasteiger charge is -2.42. The fraction of sp³-hybridized carbons (Fsp3) is 0.579. The number of benzene rings is 1. The summed E-state index contributed by atoms with van der Waals surface area (Å²) in [5, 5.41) is 0. The topological polar surface area (TPSA) is 0 Å². The van der Waals surface area contributed by atoms with Crippen LogP contribution in [0.4, 0.5) is 74.6 Å². The van der Waals surface area contributed by atoms with Crippen LogP contribution in [0.1, 0.15) is 17.5 Å². The normalized spacial score (nSPS) is 15.2. The summed E-state index contributed by atoms with van der Waals surface area (Å²) in [6.45, 7) is 3.42. The Labute approximate surface area is 200 Å². The van der Waals surface area contributed by atoms with Crippen molar-refractivity contribution in [1.29, 1.82) is 0 Å². The molecule has 0 heterocycles. The third-order valence-corrected chi connectivity index (χ3v) is 5.86. The monoisotopic (exact) mass is 596 g/mol.